The number of aryl methyl sites for hydroxylation is 1. The molecule has 6 nitrogen and oxygen atoms in total. The first kappa shape index (κ1) is 17.2. The second-order valence-corrected chi connectivity index (χ2v) is 6.78. The Bertz CT molecular complexity index is 676. The van der Waals surface area contributed by atoms with Gasteiger partial charge in [-0.15, -0.1) is 11.3 Å². The minimum absolute atomic E-state index is 0.245. The molecule has 0 aliphatic rings. The van der Waals surface area contributed by atoms with Gasteiger partial charge < -0.3 is 14.5 Å². The van der Waals surface area contributed by atoms with Crippen molar-refractivity contribution in [1.29, 1.82) is 0 Å². The molecule has 0 aliphatic heterocycles. The summed E-state index contributed by atoms with van der Waals surface area (Å²) in [5, 5.41) is 3.35. The maximum atomic E-state index is 12.5. The van der Waals surface area contributed by atoms with Gasteiger partial charge in [-0.05, 0) is 31.4 Å². The van der Waals surface area contributed by atoms with Gasteiger partial charge in [-0.3, -0.25) is 4.79 Å². The molecule has 0 aromatic carbocycles. The van der Waals surface area contributed by atoms with E-state index >= 15 is 0 Å². The molecule has 124 valence electrons. The van der Waals surface area contributed by atoms with Crippen LogP contribution in [-0.2, 0) is 9.53 Å². The molecular formula is C16H20N2O4S. The Morgan fingerprint density at radius 2 is 2.17 bits per heavy atom. The SMILES string of the molecule is COC(=O)[C@H](CC(C)C)NC(=O)c1nc(-c2ccco2)sc1C. The molecule has 7 heteroatoms. The second kappa shape index (κ2) is 7.41. The smallest absolute Gasteiger partial charge is 0.328 e. The van der Waals surface area contributed by atoms with Crippen molar-refractivity contribution in [1.82, 2.24) is 10.3 Å². The predicted octanol–water partition coefficient (Wildman–Crippen LogP) is 3.03. The molecule has 23 heavy (non-hydrogen) atoms. The number of ether oxygens (including phenoxy) is 1. The van der Waals surface area contributed by atoms with Crippen LogP contribution in [-0.4, -0.2) is 30.0 Å². The van der Waals surface area contributed by atoms with Crippen LogP contribution in [0.25, 0.3) is 10.8 Å². The molecule has 0 bridgehead atoms. The van der Waals surface area contributed by atoms with E-state index in [0.717, 1.165) is 4.88 Å². The summed E-state index contributed by atoms with van der Waals surface area (Å²) in [6.45, 7) is 5.77. The number of nitrogens with zero attached hydrogens (tertiary/aromatic N) is 1. The van der Waals surface area contributed by atoms with Gasteiger partial charge >= 0.3 is 5.97 Å². The number of amides is 1. The number of carbonyl (C=O) groups excluding carboxylic acids is 2. The van der Waals surface area contributed by atoms with Crippen LogP contribution in [0.1, 0.15) is 35.6 Å². The number of aromatic nitrogens is 1. The minimum Gasteiger partial charge on any atom is -0.467 e. The van der Waals surface area contributed by atoms with E-state index < -0.39 is 12.0 Å². The average Bonchev–Trinajstić information content (AvgIpc) is 3.14. The number of furan rings is 1. The third kappa shape index (κ3) is 4.19. The van der Waals surface area contributed by atoms with Crippen LogP contribution in [0.5, 0.6) is 0 Å². The monoisotopic (exact) mass is 336 g/mol. The van der Waals surface area contributed by atoms with E-state index in [9.17, 15) is 9.59 Å². The van der Waals surface area contributed by atoms with Crippen molar-refractivity contribution >= 4 is 23.2 Å². The molecule has 0 unspecified atom stereocenters. The van der Waals surface area contributed by atoms with Gasteiger partial charge in [0.2, 0.25) is 0 Å². The van der Waals surface area contributed by atoms with Gasteiger partial charge in [0.25, 0.3) is 5.91 Å². The Kier molecular flexibility index (Phi) is 5.54. The van der Waals surface area contributed by atoms with E-state index in [-0.39, 0.29) is 11.8 Å². The van der Waals surface area contributed by atoms with Crippen LogP contribution in [0, 0.1) is 12.8 Å². The highest BCUT2D eigenvalue weighted by Crippen LogP contribution is 2.28. The topological polar surface area (TPSA) is 81.4 Å². The zero-order valence-electron chi connectivity index (χ0n) is 13.6. The zero-order valence-corrected chi connectivity index (χ0v) is 14.4. The van der Waals surface area contributed by atoms with Crippen LogP contribution in [0.2, 0.25) is 0 Å². The molecule has 2 heterocycles. The van der Waals surface area contributed by atoms with Crippen molar-refractivity contribution in [2.45, 2.75) is 33.2 Å². The lowest BCUT2D eigenvalue weighted by Crippen LogP contribution is -2.42. The summed E-state index contributed by atoms with van der Waals surface area (Å²) in [4.78, 5) is 29.4. The highest BCUT2D eigenvalue weighted by atomic mass is 32.1. The second-order valence-electron chi connectivity index (χ2n) is 5.58. The van der Waals surface area contributed by atoms with Crippen molar-refractivity contribution in [3.8, 4) is 10.8 Å². The standard InChI is InChI=1S/C16H20N2O4S/c1-9(2)8-11(16(20)21-4)17-14(19)13-10(3)23-15(18-13)12-6-5-7-22-12/h5-7,9,11H,8H2,1-4H3,(H,17,19)/t11-/m0/s1. The highest BCUT2D eigenvalue weighted by Gasteiger charge is 2.25. The van der Waals surface area contributed by atoms with E-state index in [2.05, 4.69) is 10.3 Å². The third-order valence-electron chi connectivity index (χ3n) is 3.24. The summed E-state index contributed by atoms with van der Waals surface area (Å²) in [5.74, 6) is 0.0252. The largest absolute Gasteiger partial charge is 0.467 e. The average molecular weight is 336 g/mol. The lowest BCUT2D eigenvalue weighted by molar-refractivity contribution is -0.143. The summed E-state index contributed by atoms with van der Waals surface area (Å²) >= 11 is 1.37. The predicted molar refractivity (Wildman–Crippen MR) is 87.3 cm³/mol. The summed E-state index contributed by atoms with van der Waals surface area (Å²) in [7, 11) is 1.31. The lowest BCUT2D eigenvalue weighted by atomic mass is 10.0. The molecule has 0 radical (unpaired) electrons. The number of carbonyl (C=O) groups is 2. The van der Waals surface area contributed by atoms with Gasteiger partial charge in [-0.1, -0.05) is 13.8 Å². The van der Waals surface area contributed by atoms with Crippen molar-refractivity contribution in [3.63, 3.8) is 0 Å². The summed E-state index contributed by atoms with van der Waals surface area (Å²) in [6, 6.07) is 2.87. The molecule has 2 rings (SSSR count). The summed E-state index contributed by atoms with van der Waals surface area (Å²) in [6.07, 6.45) is 2.06. The maximum absolute atomic E-state index is 12.5. The quantitative estimate of drug-likeness (QED) is 0.820. The Balaban J connectivity index is 2.17. The molecular weight excluding hydrogens is 316 g/mol. The number of methoxy groups -OCH3 is 1. The number of hydrogen-bond acceptors (Lipinski definition) is 6. The Hall–Kier alpha value is -2.15. The van der Waals surface area contributed by atoms with E-state index in [1.165, 1.54) is 18.4 Å². The van der Waals surface area contributed by atoms with E-state index in [1.807, 2.05) is 20.8 Å². The molecule has 2 aromatic rings. The highest BCUT2D eigenvalue weighted by molar-refractivity contribution is 7.15. The van der Waals surface area contributed by atoms with E-state index in [4.69, 9.17) is 9.15 Å². The Morgan fingerprint density at radius 3 is 2.74 bits per heavy atom. The molecule has 0 fully saturated rings. The van der Waals surface area contributed by atoms with E-state index in [0.29, 0.717) is 22.9 Å². The normalized spacial score (nSPS) is 12.2. The van der Waals surface area contributed by atoms with Crippen LogP contribution in [0.4, 0.5) is 0 Å². The van der Waals surface area contributed by atoms with Crippen LogP contribution in [0.15, 0.2) is 22.8 Å². The number of nitrogens with one attached hydrogen (secondary N) is 1. The molecule has 0 saturated carbocycles. The van der Waals surface area contributed by atoms with E-state index in [1.54, 1.807) is 18.4 Å². The third-order valence-corrected chi connectivity index (χ3v) is 4.23. The first-order valence-corrected chi connectivity index (χ1v) is 8.14. The number of thiazole rings is 1. The van der Waals surface area contributed by atoms with Gasteiger partial charge in [0, 0.05) is 4.88 Å². The molecule has 1 amide bonds. The fraction of sp³-hybridized carbons (Fsp3) is 0.438. The number of esters is 1. The summed E-state index contributed by atoms with van der Waals surface area (Å²) in [5.41, 5.74) is 0.305. The molecule has 2 aromatic heterocycles. The van der Waals surface area contributed by atoms with Crippen molar-refractivity contribution in [3.05, 3.63) is 29.0 Å². The zero-order chi connectivity index (χ0) is 17.0. The van der Waals surface area contributed by atoms with Crippen LogP contribution >= 0.6 is 11.3 Å². The van der Waals surface area contributed by atoms with Gasteiger partial charge in [0.05, 0.1) is 13.4 Å². The van der Waals surface area contributed by atoms with Gasteiger partial charge in [0.1, 0.15) is 11.7 Å². The summed E-state index contributed by atoms with van der Waals surface area (Å²) < 4.78 is 10.1. The Labute approximate surface area is 138 Å². The van der Waals surface area contributed by atoms with Crippen LogP contribution in [0.3, 0.4) is 0 Å². The van der Waals surface area contributed by atoms with Gasteiger partial charge in [-0.2, -0.15) is 0 Å². The molecule has 1 N–H and O–H groups in total. The van der Waals surface area contributed by atoms with Crippen molar-refractivity contribution in [2.24, 2.45) is 5.92 Å². The molecule has 1 atom stereocenters. The van der Waals surface area contributed by atoms with Crippen molar-refractivity contribution in [2.75, 3.05) is 7.11 Å². The lowest BCUT2D eigenvalue weighted by Gasteiger charge is -2.17. The first-order valence-electron chi connectivity index (χ1n) is 7.32. The first-order chi connectivity index (χ1) is 10.9. The van der Waals surface area contributed by atoms with Gasteiger partial charge in [0.15, 0.2) is 10.8 Å². The van der Waals surface area contributed by atoms with Crippen molar-refractivity contribution < 1.29 is 18.7 Å². The molecule has 0 spiro atoms. The van der Waals surface area contributed by atoms with Crippen LogP contribution < -0.4 is 5.32 Å². The number of hydrogen-bond donors (Lipinski definition) is 1. The fourth-order valence-electron chi connectivity index (χ4n) is 2.17. The Morgan fingerprint density at radius 1 is 1.43 bits per heavy atom. The maximum Gasteiger partial charge on any atom is 0.328 e. The minimum atomic E-state index is -0.680. The van der Waals surface area contributed by atoms with Gasteiger partial charge in [-0.25, -0.2) is 9.78 Å². The number of rotatable bonds is 6. The molecule has 0 aliphatic carbocycles. The fourth-order valence-corrected chi connectivity index (χ4v) is 3.05. The molecule has 0 saturated heterocycles.